The number of ether oxygens (including phenoxy) is 3. The van der Waals surface area contributed by atoms with Crippen LogP contribution in [0, 0.1) is 0 Å². The van der Waals surface area contributed by atoms with Crippen LogP contribution in [0.4, 0.5) is 0 Å². The molecule has 9 nitrogen and oxygen atoms in total. The number of amides is 1. The molecular weight excluding hydrogens is 462 g/mol. The molecule has 0 saturated heterocycles. The molecule has 0 radical (unpaired) electrons. The maximum atomic E-state index is 13.3. The second-order valence-corrected chi connectivity index (χ2v) is 8.26. The summed E-state index contributed by atoms with van der Waals surface area (Å²) in [5.74, 6) is 0.212. The van der Waals surface area contributed by atoms with Crippen LogP contribution in [0.2, 0.25) is 0 Å². The quantitative estimate of drug-likeness (QED) is 0.218. The SMILES string of the molecule is CCCCCCCn1c(=O)c(C(=O)N/N=C/c2cc(OC)c(OC)cc2OC)c(O)c2ccccc21. The van der Waals surface area contributed by atoms with Crippen LogP contribution in [0.25, 0.3) is 10.9 Å². The molecule has 9 heteroatoms. The highest BCUT2D eigenvalue weighted by Gasteiger charge is 2.22. The summed E-state index contributed by atoms with van der Waals surface area (Å²) in [5, 5.41) is 15.2. The number of fused-ring (bicyclic) bond motifs is 1. The first-order valence-electron chi connectivity index (χ1n) is 11.9. The van der Waals surface area contributed by atoms with Crippen LogP contribution in [-0.4, -0.2) is 43.1 Å². The average molecular weight is 496 g/mol. The van der Waals surface area contributed by atoms with E-state index in [0.29, 0.717) is 40.3 Å². The Labute approximate surface area is 210 Å². The van der Waals surface area contributed by atoms with Gasteiger partial charge >= 0.3 is 0 Å². The third-order valence-corrected chi connectivity index (χ3v) is 5.96. The molecule has 3 aromatic rings. The van der Waals surface area contributed by atoms with Crippen molar-refractivity contribution in [3.63, 3.8) is 0 Å². The van der Waals surface area contributed by atoms with Gasteiger partial charge in [-0.25, -0.2) is 5.43 Å². The predicted molar refractivity (Wildman–Crippen MR) is 140 cm³/mol. The summed E-state index contributed by atoms with van der Waals surface area (Å²) in [5.41, 5.74) is 2.55. The van der Waals surface area contributed by atoms with Gasteiger partial charge in [0.1, 0.15) is 17.1 Å². The van der Waals surface area contributed by atoms with E-state index in [4.69, 9.17) is 14.2 Å². The van der Waals surface area contributed by atoms with Gasteiger partial charge in [0.05, 0.1) is 33.1 Å². The summed E-state index contributed by atoms with van der Waals surface area (Å²) >= 11 is 0. The topological polar surface area (TPSA) is 111 Å². The van der Waals surface area contributed by atoms with Crippen molar-refractivity contribution in [2.45, 2.75) is 45.6 Å². The van der Waals surface area contributed by atoms with Gasteiger partial charge in [0.15, 0.2) is 11.5 Å². The molecule has 0 aliphatic heterocycles. The molecule has 1 amide bonds. The van der Waals surface area contributed by atoms with Crippen LogP contribution in [-0.2, 0) is 6.54 Å². The van der Waals surface area contributed by atoms with Crippen molar-refractivity contribution in [3.8, 4) is 23.0 Å². The van der Waals surface area contributed by atoms with E-state index in [1.54, 1.807) is 41.0 Å². The van der Waals surface area contributed by atoms with Crippen molar-refractivity contribution in [1.29, 1.82) is 0 Å². The van der Waals surface area contributed by atoms with E-state index in [1.807, 2.05) is 0 Å². The molecule has 0 aliphatic rings. The molecule has 3 rings (SSSR count). The molecule has 0 saturated carbocycles. The number of benzene rings is 2. The van der Waals surface area contributed by atoms with Gasteiger partial charge in [0.2, 0.25) is 0 Å². The lowest BCUT2D eigenvalue weighted by molar-refractivity contribution is 0.0950. The highest BCUT2D eigenvalue weighted by molar-refractivity contribution is 6.02. The van der Waals surface area contributed by atoms with Gasteiger partial charge in [-0.2, -0.15) is 5.10 Å². The Balaban J connectivity index is 1.90. The Kier molecular flexibility index (Phi) is 9.32. The summed E-state index contributed by atoms with van der Waals surface area (Å²) in [7, 11) is 4.51. The Hall–Kier alpha value is -4.01. The summed E-state index contributed by atoms with van der Waals surface area (Å²) in [6.07, 6.45) is 6.50. The van der Waals surface area contributed by atoms with Crippen molar-refractivity contribution >= 4 is 23.0 Å². The van der Waals surface area contributed by atoms with E-state index >= 15 is 0 Å². The van der Waals surface area contributed by atoms with Crippen molar-refractivity contribution < 1.29 is 24.1 Å². The Morgan fingerprint density at radius 3 is 2.36 bits per heavy atom. The summed E-state index contributed by atoms with van der Waals surface area (Å²) in [6, 6.07) is 10.3. The van der Waals surface area contributed by atoms with Gasteiger partial charge in [-0.05, 0) is 24.6 Å². The zero-order valence-electron chi connectivity index (χ0n) is 21.2. The number of hydrazone groups is 1. The van der Waals surface area contributed by atoms with Gasteiger partial charge in [-0.15, -0.1) is 0 Å². The lowest BCUT2D eigenvalue weighted by Gasteiger charge is -2.14. The zero-order valence-corrected chi connectivity index (χ0v) is 21.2. The van der Waals surface area contributed by atoms with Gasteiger partial charge in [-0.3, -0.25) is 9.59 Å². The summed E-state index contributed by atoms with van der Waals surface area (Å²) in [4.78, 5) is 26.3. The molecule has 0 atom stereocenters. The first kappa shape index (κ1) is 26.6. The fourth-order valence-electron chi connectivity index (χ4n) is 4.06. The Morgan fingerprint density at radius 1 is 1.00 bits per heavy atom. The van der Waals surface area contributed by atoms with Crippen molar-refractivity contribution in [2.24, 2.45) is 5.10 Å². The van der Waals surface area contributed by atoms with E-state index in [1.165, 1.54) is 27.5 Å². The molecule has 0 aliphatic carbocycles. The molecule has 0 unspecified atom stereocenters. The number of carbonyl (C=O) groups excluding carboxylic acids is 1. The van der Waals surface area contributed by atoms with Crippen molar-refractivity contribution in [1.82, 2.24) is 9.99 Å². The maximum Gasteiger partial charge on any atom is 0.280 e. The minimum atomic E-state index is -0.807. The smallest absolute Gasteiger partial charge is 0.280 e. The predicted octanol–water partition coefficient (Wildman–Crippen LogP) is 4.47. The summed E-state index contributed by atoms with van der Waals surface area (Å²) in [6.45, 7) is 2.60. The molecule has 0 fully saturated rings. The largest absolute Gasteiger partial charge is 0.506 e. The van der Waals surface area contributed by atoms with Gasteiger partial charge in [0.25, 0.3) is 11.5 Å². The van der Waals surface area contributed by atoms with Crippen LogP contribution < -0.4 is 25.2 Å². The first-order valence-corrected chi connectivity index (χ1v) is 11.9. The highest BCUT2D eigenvalue weighted by Crippen LogP contribution is 2.33. The van der Waals surface area contributed by atoms with Crippen LogP contribution in [0.1, 0.15) is 54.9 Å². The minimum Gasteiger partial charge on any atom is -0.506 e. The Bertz CT molecular complexity index is 1300. The number of nitrogens with zero attached hydrogens (tertiary/aromatic N) is 2. The molecule has 1 heterocycles. The second-order valence-electron chi connectivity index (χ2n) is 8.26. The second kappa shape index (κ2) is 12.6. The van der Waals surface area contributed by atoms with Gasteiger partial charge < -0.3 is 23.9 Å². The van der Waals surface area contributed by atoms with Crippen LogP contribution >= 0.6 is 0 Å². The number of carbonyl (C=O) groups is 1. The molecule has 2 aromatic carbocycles. The monoisotopic (exact) mass is 495 g/mol. The standard InChI is InChI=1S/C27H33N3O6/c1-5-6-7-8-11-14-30-20-13-10-9-12-19(20)25(31)24(27(30)33)26(32)29-28-17-18-15-22(35-3)23(36-4)16-21(18)34-2/h9-10,12-13,15-17,31H,5-8,11,14H2,1-4H3,(H,29,32)/b28-17+. The fraction of sp³-hybridized carbons (Fsp3) is 0.370. The van der Waals surface area contributed by atoms with Crippen LogP contribution in [0.5, 0.6) is 23.0 Å². The maximum absolute atomic E-state index is 13.3. The molecule has 36 heavy (non-hydrogen) atoms. The number of nitrogens with one attached hydrogen (secondary N) is 1. The van der Waals surface area contributed by atoms with Crippen molar-refractivity contribution in [3.05, 3.63) is 57.9 Å². The number of unbranched alkanes of at least 4 members (excludes halogenated alkanes) is 4. The number of rotatable bonds is 12. The zero-order chi connectivity index (χ0) is 26.1. The number of hydrogen-bond donors (Lipinski definition) is 2. The molecule has 1 aromatic heterocycles. The van der Waals surface area contributed by atoms with E-state index in [9.17, 15) is 14.7 Å². The van der Waals surface area contributed by atoms with E-state index in [2.05, 4.69) is 17.5 Å². The lowest BCUT2D eigenvalue weighted by Crippen LogP contribution is -2.31. The minimum absolute atomic E-state index is 0.348. The normalized spacial score (nSPS) is 11.1. The van der Waals surface area contributed by atoms with Gasteiger partial charge in [0, 0.05) is 23.6 Å². The molecule has 192 valence electrons. The summed E-state index contributed by atoms with van der Waals surface area (Å²) < 4.78 is 17.5. The third-order valence-electron chi connectivity index (χ3n) is 5.96. The van der Waals surface area contributed by atoms with Crippen molar-refractivity contribution in [2.75, 3.05) is 21.3 Å². The first-order chi connectivity index (χ1) is 17.5. The van der Waals surface area contributed by atoms with Gasteiger partial charge in [-0.1, -0.05) is 44.7 Å². The fourth-order valence-corrected chi connectivity index (χ4v) is 4.06. The van der Waals surface area contributed by atoms with E-state index < -0.39 is 11.5 Å². The molecule has 2 N–H and O–H groups in total. The molecule has 0 spiro atoms. The number of aromatic nitrogens is 1. The number of pyridine rings is 1. The lowest BCUT2D eigenvalue weighted by atomic mass is 10.1. The number of methoxy groups -OCH3 is 3. The third kappa shape index (κ3) is 5.79. The van der Waals surface area contributed by atoms with Crippen LogP contribution in [0.15, 0.2) is 46.3 Å². The molecule has 0 bridgehead atoms. The van der Waals surface area contributed by atoms with E-state index in [-0.39, 0.29) is 11.3 Å². The van der Waals surface area contributed by atoms with Crippen LogP contribution in [0.3, 0.4) is 0 Å². The average Bonchev–Trinajstić information content (AvgIpc) is 2.89. The van der Waals surface area contributed by atoms with E-state index in [0.717, 1.165) is 32.1 Å². The molecular formula is C27H33N3O6. The number of para-hydroxylation sites is 1. The number of aromatic hydroxyl groups is 1. The Morgan fingerprint density at radius 2 is 1.67 bits per heavy atom. The number of aryl methyl sites for hydroxylation is 1. The number of hydrogen-bond acceptors (Lipinski definition) is 7. The highest BCUT2D eigenvalue weighted by atomic mass is 16.5.